The third-order valence-corrected chi connectivity index (χ3v) is 18.5. The van der Waals surface area contributed by atoms with Gasteiger partial charge in [0.2, 0.25) is 0 Å². The SMILES string of the molecule is CC(C)(C)OC(=O)N1CC(c2ccc(/C(=C(/CCCO)c3ccccc3)c3ccc(O)cc3)cc2)C1.CN1CCN(c2ccc(/C(=C(/CCCO)c3ccccc3)c3ccc(O)cc3)cc2)CC1.OCCC/C(=C(\c1ccc(O)cc1)c1ccc(C2CCC2)cc1)c1ccccc1. The van der Waals surface area contributed by atoms with Gasteiger partial charge in [-0.2, -0.15) is 0 Å². The van der Waals surface area contributed by atoms with Crippen LogP contribution < -0.4 is 4.90 Å². The number of phenolic OH excluding ortho intramolecular Hbond substituents is 3. The fourth-order valence-corrected chi connectivity index (χ4v) is 13.0. The number of amides is 1. The number of aliphatic hydroxyl groups is 3. The quantitative estimate of drug-likeness (QED) is 0.0383. The van der Waals surface area contributed by atoms with E-state index in [1.807, 2.05) is 87.5 Å². The third kappa shape index (κ3) is 19.2. The molecular formula is C86H95N3O8. The summed E-state index contributed by atoms with van der Waals surface area (Å²) in [6.45, 7) is 11.6. The molecule has 1 amide bonds. The number of phenols is 3. The summed E-state index contributed by atoms with van der Waals surface area (Å²) in [5.74, 6) is 1.76. The van der Waals surface area contributed by atoms with E-state index in [0.29, 0.717) is 38.3 Å². The van der Waals surface area contributed by atoms with Crippen molar-refractivity contribution in [3.05, 3.63) is 298 Å². The Labute approximate surface area is 574 Å². The number of aromatic hydroxyl groups is 3. The molecule has 97 heavy (non-hydrogen) atoms. The molecule has 2 saturated heterocycles. The summed E-state index contributed by atoms with van der Waals surface area (Å²) in [7, 11) is 2.17. The minimum Gasteiger partial charge on any atom is -0.508 e. The minimum atomic E-state index is -0.493. The first-order valence-electron chi connectivity index (χ1n) is 34.5. The highest BCUT2D eigenvalue weighted by atomic mass is 16.6. The number of benzene rings is 9. The molecule has 6 N–H and O–H groups in total. The van der Waals surface area contributed by atoms with Crippen LogP contribution in [0.4, 0.5) is 10.5 Å². The van der Waals surface area contributed by atoms with Crippen LogP contribution in [0.5, 0.6) is 17.2 Å². The van der Waals surface area contributed by atoms with Gasteiger partial charge in [0.05, 0.1) is 0 Å². The highest BCUT2D eigenvalue weighted by Gasteiger charge is 2.35. The van der Waals surface area contributed by atoms with Gasteiger partial charge in [0.15, 0.2) is 0 Å². The number of hydrogen-bond donors (Lipinski definition) is 6. The van der Waals surface area contributed by atoms with Crippen LogP contribution in [0.25, 0.3) is 33.4 Å². The van der Waals surface area contributed by atoms with Crippen LogP contribution in [0.2, 0.25) is 0 Å². The summed E-state index contributed by atoms with van der Waals surface area (Å²) in [6, 6.07) is 79.6. The molecule has 3 fully saturated rings. The number of nitrogens with zero attached hydrogens (tertiary/aromatic N) is 3. The number of allylic oxidation sites excluding steroid dienone is 3. The normalized spacial score (nSPS) is 15.0. The van der Waals surface area contributed by atoms with Gasteiger partial charge in [-0.3, -0.25) is 0 Å². The van der Waals surface area contributed by atoms with Crippen molar-refractivity contribution in [3.63, 3.8) is 0 Å². The highest BCUT2D eigenvalue weighted by molar-refractivity contribution is 6.01. The standard InChI is InChI=1S/C31H35NO4.C28H32N2O2.C27H28O2/c1-31(2,3)36-30(35)32-20-26(21-32)22-11-13-24(14-12-22)29(25-15-17-27(34)18-16-25)28(10-7-19-33)23-8-5-4-6-9-23;1-29-17-19-30(20-18-29)25-13-9-23(10-14-25)28(24-11-15-26(32)16-12-24)27(8-5-21-31)22-6-3-2-4-7-22;28-19-5-10-26(22-6-2-1-3-7-22)27(24-15-17-25(29)18-16-24)23-13-11-21(12-14-23)20-8-4-9-20/h4-6,8-9,11-18,26,33-34H,7,10,19-21H2,1-3H3;2-4,6-7,9-16,31-32H,5,8,17-21H2,1H3;1-3,6-7,11-18,20,28-29H,4-5,8-10,19H2/b29-28+;28-27+;27-26+. The summed E-state index contributed by atoms with van der Waals surface area (Å²) in [4.78, 5) is 18.9. The van der Waals surface area contributed by atoms with Gasteiger partial charge in [0.1, 0.15) is 22.8 Å². The summed E-state index contributed by atoms with van der Waals surface area (Å²) in [5, 5.41) is 58.1. The first kappa shape index (κ1) is 70.3. The lowest BCUT2D eigenvalue weighted by Gasteiger charge is -2.40. The number of likely N-dealkylation sites (tertiary alicyclic amines) is 1. The second-order valence-corrected chi connectivity index (χ2v) is 26.6. The Morgan fingerprint density at radius 2 is 0.711 bits per heavy atom. The molecule has 0 spiro atoms. The van der Waals surface area contributed by atoms with Gasteiger partial charge in [0.25, 0.3) is 0 Å². The first-order chi connectivity index (χ1) is 47.2. The fraction of sp³-hybridized carbons (Fsp3) is 0.291. The number of rotatable bonds is 21. The number of piperazine rings is 1. The van der Waals surface area contributed by atoms with Gasteiger partial charge in [-0.1, -0.05) is 194 Å². The largest absolute Gasteiger partial charge is 0.508 e. The van der Waals surface area contributed by atoms with E-state index < -0.39 is 5.60 Å². The number of hydrogen-bond acceptors (Lipinski definition) is 10. The Bertz CT molecular complexity index is 4000. The van der Waals surface area contributed by atoms with Crippen molar-refractivity contribution >= 4 is 45.2 Å². The maximum Gasteiger partial charge on any atom is 0.410 e. The molecule has 12 rings (SSSR count). The number of anilines is 1. The van der Waals surface area contributed by atoms with Crippen molar-refractivity contribution in [2.75, 3.05) is 71.0 Å². The van der Waals surface area contributed by atoms with Crippen LogP contribution in [0.3, 0.4) is 0 Å². The lowest BCUT2D eigenvalue weighted by molar-refractivity contribution is 0.00818. The molecule has 0 bridgehead atoms. The summed E-state index contributed by atoms with van der Waals surface area (Å²) in [6.07, 6.45) is 8.04. The average Bonchev–Trinajstić information content (AvgIpc) is 0.840. The molecule has 502 valence electrons. The zero-order valence-electron chi connectivity index (χ0n) is 56.7. The van der Waals surface area contributed by atoms with Crippen LogP contribution in [0, 0.1) is 0 Å². The van der Waals surface area contributed by atoms with Crippen LogP contribution >= 0.6 is 0 Å². The van der Waals surface area contributed by atoms with Crippen LogP contribution in [-0.4, -0.2) is 118 Å². The minimum absolute atomic E-state index is 0.119. The molecule has 0 unspecified atom stereocenters. The molecule has 2 aliphatic heterocycles. The molecule has 3 aliphatic rings. The molecule has 1 saturated carbocycles. The lowest BCUT2D eigenvalue weighted by Crippen LogP contribution is -2.50. The molecule has 2 heterocycles. The summed E-state index contributed by atoms with van der Waals surface area (Å²) < 4.78 is 5.48. The zero-order valence-corrected chi connectivity index (χ0v) is 56.7. The Balaban J connectivity index is 0.000000159. The second-order valence-electron chi connectivity index (χ2n) is 26.6. The smallest absolute Gasteiger partial charge is 0.410 e. The molecule has 1 aliphatic carbocycles. The van der Waals surface area contributed by atoms with E-state index in [1.54, 1.807) is 41.3 Å². The maximum absolute atomic E-state index is 12.3. The monoisotopic (exact) mass is 1300 g/mol. The fourth-order valence-electron chi connectivity index (χ4n) is 13.0. The van der Waals surface area contributed by atoms with Gasteiger partial charge in [-0.15, -0.1) is 0 Å². The molecular weight excluding hydrogens is 1200 g/mol. The predicted molar refractivity (Wildman–Crippen MR) is 397 cm³/mol. The van der Waals surface area contributed by atoms with E-state index in [9.17, 15) is 35.4 Å². The number of carbonyl (C=O) groups excluding carboxylic acids is 1. The van der Waals surface area contributed by atoms with Gasteiger partial charge in [-0.25, -0.2) is 4.79 Å². The van der Waals surface area contributed by atoms with E-state index >= 15 is 0 Å². The molecule has 9 aromatic rings. The van der Waals surface area contributed by atoms with E-state index in [0.717, 1.165) is 101 Å². The van der Waals surface area contributed by atoms with E-state index in [2.05, 4.69) is 150 Å². The van der Waals surface area contributed by atoms with E-state index in [4.69, 9.17) is 4.74 Å². The van der Waals surface area contributed by atoms with Gasteiger partial charge < -0.3 is 50.1 Å². The highest BCUT2D eigenvalue weighted by Crippen LogP contribution is 2.42. The Morgan fingerprint density at radius 1 is 0.402 bits per heavy atom. The van der Waals surface area contributed by atoms with Crippen molar-refractivity contribution in [1.82, 2.24) is 9.80 Å². The molecule has 0 radical (unpaired) electrons. The topological polar surface area (TPSA) is 157 Å². The third-order valence-electron chi connectivity index (χ3n) is 18.5. The van der Waals surface area contributed by atoms with Gasteiger partial charge in [-0.05, 0) is 228 Å². The number of aliphatic hydroxyl groups excluding tert-OH is 3. The number of ether oxygens (including phenoxy) is 1. The average molecular weight is 1300 g/mol. The van der Waals surface area contributed by atoms with Crippen LogP contribution in [0.15, 0.2) is 237 Å². The van der Waals surface area contributed by atoms with Crippen LogP contribution in [-0.2, 0) is 4.74 Å². The van der Waals surface area contributed by atoms with Crippen molar-refractivity contribution in [2.24, 2.45) is 0 Å². The van der Waals surface area contributed by atoms with Crippen molar-refractivity contribution in [2.45, 2.75) is 96.0 Å². The molecule has 11 heteroatoms. The van der Waals surface area contributed by atoms with Crippen molar-refractivity contribution < 1.29 is 40.2 Å². The zero-order chi connectivity index (χ0) is 68.1. The van der Waals surface area contributed by atoms with Crippen molar-refractivity contribution in [3.8, 4) is 17.2 Å². The van der Waals surface area contributed by atoms with E-state index in [1.165, 1.54) is 63.9 Å². The Morgan fingerprint density at radius 3 is 1.01 bits per heavy atom. The number of likely N-dealkylation sites (N-methyl/N-ethyl adjacent to an activating group) is 1. The number of carbonyl (C=O) groups is 1. The Kier molecular flexibility index (Phi) is 25.0. The summed E-state index contributed by atoms with van der Waals surface area (Å²) in [5.41, 5.74) is 20.4. The van der Waals surface area contributed by atoms with Crippen LogP contribution in [0.1, 0.15) is 152 Å². The molecule has 0 aromatic heterocycles. The van der Waals surface area contributed by atoms with E-state index in [-0.39, 0.29) is 49.1 Å². The van der Waals surface area contributed by atoms with Gasteiger partial charge in [0, 0.05) is 70.7 Å². The molecule has 0 atom stereocenters. The predicted octanol–water partition coefficient (Wildman–Crippen LogP) is 17.7. The van der Waals surface area contributed by atoms with Gasteiger partial charge >= 0.3 is 6.09 Å². The van der Waals surface area contributed by atoms with Crippen molar-refractivity contribution in [1.29, 1.82) is 0 Å². The Hall–Kier alpha value is -9.49. The molecule has 9 aromatic carbocycles. The second kappa shape index (κ2) is 34.4. The lowest BCUT2D eigenvalue weighted by atomic mass is 9.79. The summed E-state index contributed by atoms with van der Waals surface area (Å²) >= 11 is 0. The molecule has 11 nitrogen and oxygen atoms in total. The maximum atomic E-state index is 12.3. The first-order valence-corrected chi connectivity index (χ1v) is 34.5.